The van der Waals surface area contributed by atoms with Gasteiger partial charge in [-0.05, 0) is 31.2 Å². The summed E-state index contributed by atoms with van der Waals surface area (Å²) in [6, 6.07) is 6.91. The molecule has 0 bridgehead atoms. The van der Waals surface area contributed by atoms with Crippen molar-refractivity contribution in [3.63, 3.8) is 0 Å². The number of thiophene rings is 1. The molecule has 0 fully saturated rings. The first-order valence-corrected chi connectivity index (χ1v) is 7.30. The Morgan fingerprint density at radius 2 is 2.27 bits per heavy atom. The normalized spacial score (nSPS) is 10.6. The van der Waals surface area contributed by atoms with E-state index < -0.39 is 0 Å². The molecule has 0 saturated heterocycles. The van der Waals surface area contributed by atoms with Crippen LogP contribution in [-0.4, -0.2) is 21.0 Å². The summed E-state index contributed by atoms with van der Waals surface area (Å²) < 4.78 is 5.04. The average molecular weight is 316 g/mol. The van der Waals surface area contributed by atoms with Crippen molar-refractivity contribution in [1.82, 2.24) is 20.4 Å². The number of nitrogens with zero attached hydrogens (tertiary/aromatic N) is 2. The Morgan fingerprint density at radius 1 is 1.41 bits per heavy atom. The second-order valence-corrected chi connectivity index (χ2v) is 5.81. The van der Waals surface area contributed by atoms with Gasteiger partial charge in [-0.3, -0.25) is 9.59 Å². The SMILES string of the molecule is Cc1ccc(C(=O)NCc2nc(-c3ccc[nH]c3=O)no2)s1. The van der Waals surface area contributed by atoms with Gasteiger partial charge in [0, 0.05) is 11.1 Å². The van der Waals surface area contributed by atoms with E-state index in [1.807, 2.05) is 13.0 Å². The molecule has 3 rings (SSSR count). The van der Waals surface area contributed by atoms with E-state index in [0.29, 0.717) is 10.4 Å². The van der Waals surface area contributed by atoms with Crippen LogP contribution in [0.4, 0.5) is 0 Å². The van der Waals surface area contributed by atoms with Crippen LogP contribution in [0.1, 0.15) is 20.4 Å². The van der Waals surface area contributed by atoms with Crippen molar-refractivity contribution >= 4 is 17.2 Å². The van der Waals surface area contributed by atoms with E-state index in [1.54, 1.807) is 18.2 Å². The summed E-state index contributed by atoms with van der Waals surface area (Å²) >= 11 is 1.41. The number of aromatic amines is 1. The van der Waals surface area contributed by atoms with E-state index in [0.717, 1.165) is 4.88 Å². The van der Waals surface area contributed by atoms with Crippen LogP contribution in [0.2, 0.25) is 0 Å². The highest BCUT2D eigenvalue weighted by Gasteiger charge is 2.13. The molecular formula is C14H12N4O3S. The monoisotopic (exact) mass is 316 g/mol. The summed E-state index contributed by atoms with van der Waals surface area (Å²) in [5.74, 6) is 0.230. The zero-order valence-corrected chi connectivity index (χ0v) is 12.4. The summed E-state index contributed by atoms with van der Waals surface area (Å²) in [7, 11) is 0. The number of pyridine rings is 1. The van der Waals surface area contributed by atoms with Crippen molar-refractivity contribution in [2.75, 3.05) is 0 Å². The molecule has 3 aromatic rings. The van der Waals surface area contributed by atoms with Crippen molar-refractivity contribution in [2.45, 2.75) is 13.5 Å². The first-order chi connectivity index (χ1) is 10.6. The van der Waals surface area contributed by atoms with Crippen LogP contribution in [0.5, 0.6) is 0 Å². The standard InChI is InChI=1S/C14H12N4O3S/c1-8-4-5-10(22-8)14(20)16-7-11-17-12(18-21-11)9-3-2-6-15-13(9)19/h2-6H,7H2,1H3,(H,15,19)(H,16,20). The van der Waals surface area contributed by atoms with Crippen molar-refractivity contribution in [1.29, 1.82) is 0 Å². The molecule has 0 unspecified atom stereocenters. The van der Waals surface area contributed by atoms with Crippen LogP contribution in [0.25, 0.3) is 11.4 Å². The Bertz CT molecular complexity index is 865. The maximum atomic E-state index is 11.9. The van der Waals surface area contributed by atoms with Crippen molar-refractivity contribution < 1.29 is 9.32 Å². The maximum Gasteiger partial charge on any atom is 0.261 e. The fourth-order valence-electron chi connectivity index (χ4n) is 1.83. The van der Waals surface area contributed by atoms with Gasteiger partial charge in [0.25, 0.3) is 11.5 Å². The summed E-state index contributed by atoms with van der Waals surface area (Å²) in [6.45, 7) is 2.04. The quantitative estimate of drug-likeness (QED) is 0.763. The van der Waals surface area contributed by atoms with Crippen LogP contribution < -0.4 is 10.9 Å². The highest BCUT2D eigenvalue weighted by Crippen LogP contribution is 2.15. The van der Waals surface area contributed by atoms with Crippen LogP contribution in [0.15, 0.2) is 39.8 Å². The largest absolute Gasteiger partial charge is 0.342 e. The van der Waals surface area contributed by atoms with Gasteiger partial charge in [0.05, 0.1) is 17.0 Å². The Morgan fingerprint density at radius 3 is 3.00 bits per heavy atom. The molecule has 0 aliphatic rings. The molecule has 3 aromatic heterocycles. The first kappa shape index (κ1) is 14.2. The number of rotatable bonds is 4. The molecule has 2 N–H and O–H groups in total. The highest BCUT2D eigenvalue weighted by atomic mass is 32.1. The third-order valence-corrected chi connectivity index (χ3v) is 3.89. The lowest BCUT2D eigenvalue weighted by Crippen LogP contribution is -2.21. The number of hydrogen-bond acceptors (Lipinski definition) is 6. The smallest absolute Gasteiger partial charge is 0.261 e. The third-order valence-electron chi connectivity index (χ3n) is 2.89. The van der Waals surface area contributed by atoms with Crippen molar-refractivity contribution in [3.05, 3.63) is 56.5 Å². The molecule has 8 heteroatoms. The van der Waals surface area contributed by atoms with Gasteiger partial charge >= 0.3 is 0 Å². The minimum atomic E-state index is -0.298. The summed E-state index contributed by atoms with van der Waals surface area (Å²) in [6.07, 6.45) is 1.52. The van der Waals surface area contributed by atoms with Crippen LogP contribution in [0.3, 0.4) is 0 Å². The fourth-order valence-corrected chi connectivity index (χ4v) is 2.62. The predicted molar refractivity (Wildman–Crippen MR) is 80.6 cm³/mol. The van der Waals surface area contributed by atoms with Crippen molar-refractivity contribution in [3.8, 4) is 11.4 Å². The Hall–Kier alpha value is -2.74. The Balaban J connectivity index is 1.69. The Kier molecular flexibility index (Phi) is 3.84. The zero-order valence-electron chi connectivity index (χ0n) is 11.6. The molecular weight excluding hydrogens is 304 g/mol. The highest BCUT2D eigenvalue weighted by molar-refractivity contribution is 7.13. The van der Waals surface area contributed by atoms with E-state index in [1.165, 1.54) is 17.5 Å². The number of carbonyl (C=O) groups excluding carboxylic acids is 1. The van der Waals surface area contributed by atoms with Gasteiger partial charge in [-0.1, -0.05) is 5.16 Å². The lowest BCUT2D eigenvalue weighted by molar-refractivity contribution is 0.0950. The number of aromatic nitrogens is 3. The molecule has 0 aliphatic heterocycles. The number of amides is 1. The number of H-pyrrole nitrogens is 1. The summed E-state index contributed by atoms with van der Waals surface area (Å²) in [4.78, 5) is 31.9. The van der Waals surface area contributed by atoms with Gasteiger partial charge in [-0.15, -0.1) is 11.3 Å². The number of nitrogens with one attached hydrogen (secondary N) is 2. The van der Waals surface area contributed by atoms with Crippen LogP contribution in [-0.2, 0) is 6.54 Å². The van der Waals surface area contributed by atoms with E-state index in [-0.39, 0.29) is 29.7 Å². The van der Waals surface area contributed by atoms with E-state index in [2.05, 4.69) is 20.4 Å². The second-order valence-electron chi connectivity index (χ2n) is 4.52. The number of hydrogen-bond donors (Lipinski definition) is 2. The minimum absolute atomic E-state index is 0.105. The molecule has 0 aliphatic carbocycles. The molecule has 0 atom stereocenters. The predicted octanol–water partition coefficient (Wildman–Crippen LogP) is 1.72. The molecule has 112 valence electrons. The maximum absolute atomic E-state index is 11.9. The van der Waals surface area contributed by atoms with Gasteiger partial charge in [-0.2, -0.15) is 4.98 Å². The lowest BCUT2D eigenvalue weighted by Gasteiger charge is -1.98. The minimum Gasteiger partial charge on any atom is -0.342 e. The summed E-state index contributed by atoms with van der Waals surface area (Å²) in [5, 5.41) is 6.44. The topological polar surface area (TPSA) is 101 Å². The zero-order chi connectivity index (χ0) is 15.5. The van der Waals surface area contributed by atoms with Crippen LogP contribution >= 0.6 is 11.3 Å². The second kappa shape index (κ2) is 5.94. The third kappa shape index (κ3) is 2.96. The fraction of sp³-hybridized carbons (Fsp3) is 0.143. The van der Waals surface area contributed by atoms with Gasteiger partial charge in [0.1, 0.15) is 0 Å². The molecule has 22 heavy (non-hydrogen) atoms. The van der Waals surface area contributed by atoms with Gasteiger partial charge in [-0.25, -0.2) is 0 Å². The van der Waals surface area contributed by atoms with Gasteiger partial charge in [0.15, 0.2) is 0 Å². The van der Waals surface area contributed by atoms with E-state index >= 15 is 0 Å². The molecule has 0 radical (unpaired) electrons. The Labute approximate surface area is 129 Å². The molecule has 0 spiro atoms. The van der Waals surface area contributed by atoms with E-state index in [9.17, 15) is 9.59 Å². The van der Waals surface area contributed by atoms with Gasteiger partial charge < -0.3 is 14.8 Å². The molecule has 3 heterocycles. The summed E-state index contributed by atoms with van der Waals surface area (Å²) in [5.41, 5.74) is 0.0191. The molecule has 0 aromatic carbocycles. The molecule has 7 nitrogen and oxygen atoms in total. The number of aryl methyl sites for hydroxylation is 1. The number of carbonyl (C=O) groups is 1. The van der Waals surface area contributed by atoms with Gasteiger partial charge in [0.2, 0.25) is 11.7 Å². The average Bonchev–Trinajstić information content (AvgIpc) is 3.14. The van der Waals surface area contributed by atoms with E-state index in [4.69, 9.17) is 4.52 Å². The molecule has 1 amide bonds. The molecule has 0 saturated carbocycles. The van der Waals surface area contributed by atoms with Crippen molar-refractivity contribution in [2.24, 2.45) is 0 Å². The lowest BCUT2D eigenvalue weighted by atomic mass is 10.3. The van der Waals surface area contributed by atoms with Crippen LogP contribution in [0, 0.1) is 6.92 Å². The first-order valence-electron chi connectivity index (χ1n) is 6.49.